The van der Waals surface area contributed by atoms with Crippen LogP contribution in [0.15, 0.2) is 18.2 Å². The highest BCUT2D eigenvalue weighted by Crippen LogP contribution is 2.25. The van der Waals surface area contributed by atoms with Gasteiger partial charge in [0, 0.05) is 12.3 Å². The Kier molecular flexibility index (Phi) is 4.39. The molecule has 1 aromatic heterocycles. The average molecular weight is 315 g/mol. The van der Waals surface area contributed by atoms with E-state index in [2.05, 4.69) is 4.98 Å². The van der Waals surface area contributed by atoms with E-state index < -0.39 is 9.84 Å². The van der Waals surface area contributed by atoms with Gasteiger partial charge >= 0.3 is 0 Å². The molecular formula is C14H19ClN2O2S. The lowest BCUT2D eigenvalue weighted by Crippen LogP contribution is -2.16. The first-order chi connectivity index (χ1) is 9.34. The lowest BCUT2D eigenvalue weighted by molar-refractivity contribution is 0.589. The van der Waals surface area contributed by atoms with E-state index in [1.165, 1.54) is 0 Å². The zero-order valence-electron chi connectivity index (χ0n) is 11.9. The van der Waals surface area contributed by atoms with Crippen LogP contribution >= 0.6 is 11.6 Å². The summed E-state index contributed by atoms with van der Waals surface area (Å²) in [6.45, 7) is 5.90. The standard InChI is InChI=1S/C14H19ClN2O2S/c1-4-20(18,19)8-7-17-13-6-5-10(2)9-12(13)16-14(17)11(3)15/h5-6,9,11H,4,7-8H2,1-3H3. The molecule has 6 heteroatoms. The van der Waals surface area contributed by atoms with E-state index in [1.807, 2.05) is 36.6 Å². The summed E-state index contributed by atoms with van der Waals surface area (Å²) < 4.78 is 25.3. The predicted octanol–water partition coefficient (Wildman–Crippen LogP) is 3.08. The van der Waals surface area contributed by atoms with Gasteiger partial charge in [-0.05, 0) is 31.5 Å². The SMILES string of the molecule is CCS(=O)(=O)CCn1c(C(C)Cl)nc2cc(C)ccc21. The molecule has 0 amide bonds. The molecule has 0 spiro atoms. The van der Waals surface area contributed by atoms with Gasteiger partial charge in [0.2, 0.25) is 0 Å². The second-order valence-corrected chi connectivity index (χ2v) is 8.09. The Labute approximate surface area is 124 Å². The molecular weight excluding hydrogens is 296 g/mol. The van der Waals surface area contributed by atoms with Crippen LogP contribution in [-0.4, -0.2) is 29.5 Å². The highest BCUT2D eigenvalue weighted by atomic mass is 35.5. The molecule has 2 rings (SSSR count). The third-order valence-electron chi connectivity index (χ3n) is 3.35. The molecule has 110 valence electrons. The van der Waals surface area contributed by atoms with Crippen LogP contribution in [0.25, 0.3) is 11.0 Å². The van der Waals surface area contributed by atoms with Gasteiger partial charge in [0.05, 0.1) is 22.2 Å². The van der Waals surface area contributed by atoms with Crippen molar-refractivity contribution in [1.82, 2.24) is 9.55 Å². The van der Waals surface area contributed by atoms with Gasteiger partial charge < -0.3 is 4.57 Å². The molecule has 0 bridgehead atoms. The van der Waals surface area contributed by atoms with E-state index in [0.29, 0.717) is 6.54 Å². The number of imidazole rings is 1. The lowest BCUT2D eigenvalue weighted by Gasteiger charge is -2.10. The zero-order valence-corrected chi connectivity index (χ0v) is 13.5. The van der Waals surface area contributed by atoms with Gasteiger partial charge in [-0.25, -0.2) is 13.4 Å². The minimum Gasteiger partial charge on any atom is -0.326 e. The number of rotatable bonds is 5. The second-order valence-electron chi connectivity index (χ2n) is 4.97. The molecule has 0 saturated heterocycles. The van der Waals surface area contributed by atoms with Crippen LogP contribution in [0.5, 0.6) is 0 Å². The fourth-order valence-corrected chi connectivity index (χ4v) is 3.09. The summed E-state index contributed by atoms with van der Waals surface area (Å²) in [4.78, 5) is 4.54. The van der Waals surface area contributed by atoms with E-state index in [0.717, 1.165) is 22.4 Å². The van der Waals surface area contributed by atoms with Gasteiger partial charge in [0.1, 0.15) is 5.82 Å². The number of aryl methyl sites for hydroxylation is 2. The molecule has 20 heavy (non-hydrogen) atoms. The Balaban J connectivity index is 2.46. The van der Waals surface area contributed by atoms with Crippen molar-refractivity contribution in [1.29, 1.82) is 0 Å². The van der Waals surface area contributed by atoms with E-state index in [1.54, 1.807) is 6.92 Å². The molecule has 0 aliphatic rings. The third kappa shape index (κ3) is 3.15. The van der Waals surface area contributed by atoms with Gasteiger partial charge in [-0.3, -0.25) is 0 Å². The molecule has 1 heterocycles. The fraction of sp³-hybridized carbons (Fsp3) is 0.500. The van der Waals surface area contributed by atoms with Gasteiger partial charge in [-0.15, -0.1) is 11.6 Å². The summed E-state index contributed by atoms with van der Waals surface area (Å²) in [5.74, 6) is 0.989. The Morgan fingerprint density at radius 3 is 2.70 bits per heavy atom. The van der Waals surface area contributed by atoms with Gasteiger partial charge in [-0.2, -0.15) is 0 Å². The summed E-state index contributed by atoms with van der Waals surface area (Å²) in [7, 11) is -3.01. The summed E-state index contributed by atoms with van der Waals surface area (Å²) in [5.41, 5.74) is 2.92. The molecule has 0 saturated carbocycles. The van der Waals surface area contributed by atoms with Crippen LogP contribution in [-0.2, 0) is 16.4 Å². The van der Waals surface area contributed by atoms with Gasteiger partial charge in [0.15, 0.2) is 9.84 Å². The topological polar surface area (TPSA) is 52.0 Å². The largest absolute Gasteiger partial charge is 0.326 e. The number of sulfone groups is 1. The molecule has 0 aliphatic heterocycles. The van der Waals surface area contributed by atoms with Crippen molar-refractivity contribution in [3.05, 3.63) is 29.6 Å². The number of nitrogens with zero attached hydrogens (tertiary/aromatic N) is 2. The Morgan fingerprint density at radius 1 is 1.40 bits per heavy atom. The van der Waals surface area contributed by atoms with E-state index >= 15 is 0 Å². The molecule has 1 atom stereocenters. The molecule has 4 nitrogen and oxygen atoms in total. The van der Waals surface area contributed by atoms with E-state index in [9.17, 15) is 8.42 Å². The first-order valence-corrected chi connectivity index (χ1v) is 8.91. The number of hydrogen-bond donors (Lipinski definition) is 0. The van der Waals surface area contributed by atoms with E-state index in [-0.39, 0.29) is 16.9 Å². The Bertz CT molecular complexity index is 720. The highest BCUT2D eigenvalue weighted by molar-refractivity contribution is 7.91. The minimum atomic E-state index is -3.01. The maximum absolute atomic E-state index is 11.7. The van der Waals surface area contributed by atoms with Gasteiger partial charge in [-0.1, -0.05) is 13.0 Å². The quantitative estimate of drug-likeness (QED) is 0.797. The van der Waals surface area contributed by atoms with Crippen molar-refractivity contribution in [2.75, 3.05) is 11.5 Å². The summed E-state index contributed by atoms with van der Waals surface area (Å²) in [5, 5.41) is -0.257. The number of hydrogen-bond acceptors (Lipinski definition) is 3. The molecule has 1 unspecified atom stereocenters. The fourth-order valence-electron chi connectivity index (χ4n) is 2.17. The van der Waals surface area contributed by atoms with Crippen LogP contribution in [0.2, 0.25) is 0 Å². The first-order valence-electron chi connectivity index (χ1n) is 6.65. The predicted molar refractivity (Wildman–Crippen MR) is 83.1 cm³/mol. The smallest absolute Gasteiger partial charge is 0.151 e. The third-order valence-corrected chi connectivity index (χ3v) is 5.23. The second kappa shape index (κ2) is 5.74. The highest BCUT2D eigenvalue weighted by Gasteiger charge is 2.17. The monoisotopic (exact) mass is 314 g/mol. The van der Waals surface area contributed by atoms with Crippen molar-refractivity contribution in [2.24, 2.45) is 0 Å². The molecule has 0 aliphatic carbocycles. The Morgan fingerprint density at radius 2 is 2.10 bits per heavy atom. The molecule has 0 N–H and O–H groups in total. The van der Waals surface area contributed by atoms with Crippen LogP contribution in [0.3, 0.4) is 0 Å². The molecule has 1 aromatic carbocycles. The number of halogens is 1. The van der Waals surface area contributed by atoms with E-state index in [4.69, 9.17) is 11.6 Å². The maximum atomic E-state index is 11.7. The van der Waals surface area contributed by atoms with Gasteiger partial charge in [0.25, 0.3) is 0 Å². The summed E-state index contributed by atoms with van der Waals surface area (Å²) in [6.07, 6.45) is 0. The van der Waals surface area contributed by atoms with Crippen molar-refractivity contribution in [3.8, 4) is 0 Å². The van der Waals surface area contributed by atoms with Crippen LogP contribution < -0.4 is 0 Å². The van der Waals surface area contributed by atoms with Crippen molar-refractivity contribution >= 4 is 32.5 Å². The van der Waals surface area contributed by atoms with Crippen LogP contribution in [0.4, 0.5) is 0 Å². The zero-order chi connectivity index (χ0) is 14.9. The minimum absolute atomic E-state index is 0.111. The van der Waals surface area contributed by atoms with Crippen LogP contribution in [0.1, 0.15) is 30.6 Å². The molecule has 2 aromatic rings. The number of benzene rings is 1. The van der Waals surface area contributed by atoms with Crippen molar-refractivity contribution < 1.29 is 8.42 Å². The lowest BCUT2D eigenvalue weighted by atomic mass is 10.2. The number of alkyl halides is 1. The summed E-state index contributed by atoms with van der Waals surface area (Å²) in [6, 6.07) is 5.96. The van der Waals surface area contributed by atoms with Crippen molar-refractivity contribution in [3.63, 3.8) is 0 Å². The summed E-state index contributed by atoms with van der Waals surface area (Å²) >= 11 is 6.17. The molecule has 0 radical (unpaired) electrons. The molecule has 0 fully saturated rings. The normalized spacial score (nSPS) is 13.8. The van der Waals surface area contributed by atoms with Crippen LogP contribution in [0, 0.1) is 6.92 Å². The number of aromatic nitrogens is 2. The average Bonchev–Trinajstić information content (AvgIpc) is 2.74. The first kappa shape index (κ1) is 15.3. The van der Waals surface area contributed by atoms with Crippen molar-refractivity contribution in [2.45, 2.75) is 32.7 Å². The number of fused-ring (bicyclic) bond motifs is 1. The maximum Gasteiger partial charge on any atom is 0.151 e. The Hall–Kier alpha value is -1.07.